The number of amides is 1. The molecule has 0 aliphatic carbocycles. The van der Waals surface area contributed by atoms with E-state index in [9.17, 15) is 22.8 Å². The van der Waals surface area contributed by atoms with Crippen LogP contribution in [0.25, 0.3) is 16.7 Å². The summed E-state index contributed by atoms with van der Waals surface area (Å²) in [7, 11) is 0. The number of rotatable bonds is 6. The smallest absolute Gasteiger partial charge is 0.325 e. The first-order chi connectivity index (χ1) is 16.1. The quantitative estimate of drug-likeness (QED) is 0.299. The number of H-pyrrole nitrogens is 1. The molecule has 0 spiro atoms. The van der Waals surface area contributed by atoms with E-state index in [1.807, 2.05) is 30.3 Å². The first kappa shape index (κ1) is 23.6. The maximum Gasteiger partial charge on any atom is 0.418 e. The van der Waals surface area contributed by atoms with Crippen molar-refractivity contribution in [2.45, 2.75) is 30.4 Å². The highest BCUT2D eigenvalue weighted by atomic mass is 32.2. The zero-order valence-corrected chi connectivity index (χ0v) is 18.9. The number of carbonyl (C=O) groups is 1. The highest BCUT2D eigenvalue weighted by Gasteiger charge is 2.34. The number of anilines is 1. The van der Waals surface area contributed by atoms with Crippen molar-refractivity contribution in [3.8, 4) is 5.69 Å². The molecule has 1 atom stereocenters. The standard InChI is InChI=1S/C23H20F3N5O2S/c1-13(2)18(21(33)28-17-11-7-6-10-16(17)23(24,25)26)34-22-29-19-15(20(32)30-22)12-27-31(19)14-8-4-3-5-9-14/h3-13,18H,1-2H3,(H,28,33)(H,29,30,32). The fraction of sp³-hybridized carbons (Fsp3) is 0.217. The average Bonchev–Trinajstić information content (AvgIpc) is 3.22. The minimum Gasteiger partial charge on any atom is -0.325 e. The second kappa shape index (κ2) is 9.34. The van der Waals surface area contributed by atoms with Gasteiger partial charge in [0.15, 0.2) is 10.8 Å². The molecule has 4 aromatic rings. The number of hydrogen-bond donors (Lipinski definition) is 2. The SMILES string of the molecule is CC(C)C(Sc1nc2c(cnn2-c2ccccc2)c(=O)[nH]1)C(=O)Nc1ccccc1C(F)(F)F. The summed E-state index contributed by atoms with van der Waals surface area (Å²) < 4.78 is 41.5. The number of thioether (sulfide) groups is 1. The van der Waals surface area contributed by atoms with Gasteiger partial charge in [0.2, 0.25) is 5.91 Å². The van der Waals surface area contributed by atoms with Crippen molar-refractivity contribution in [2.75, 3.05) is 5.32 Å². The second-order valence-corrected chi connectivity index (χ2v) is 8.95. The number of fused-ring (bicyclic) bond motifs is 1. The summed E-state index contributed by atoms with van der Waals surface area (Å²) in [6.07, 6.45) is -3.21. The van der Waals surface area contributed by atoms with E-state index in [2.05, 4.69) is 20.4 Å². The second-order valence-electron chi connectivity index (χ2n) is 7.82. The van der Waals surface area contributed by atoms with Crippen molar-refractivity contribution in [3.05, 3.63) is 76.7 Å². The Labute approximate surface area is 196 Å². The summed E-state index contributed by atoms with van der Waals surface area (Å²) in [6.45, 7) is 3.52. The topological polar surface area (TPSA) is 92.7 Å². The molecule has 1 amide bonds. The van der Waals surface area contributed by atoms with E-state index in [0.717, 1.165) is 17.8 Å². The van der Waals surface area contributed by atoms with Crippen molar-refractivity contribution in [1.82, 2.24) is 19.7 Å². The third-order valence-corrected chi connectivity index (χ3v) is 6.44. The Bertz CT molecular complexity index is 1380. The minimum atomic E-state index is -4.61. The number of benzene rings is 2. The van der Waals surface area contributed by atoms with Crippen LogP contribution in [0.1, 0.15) is 19.4 Å². The van der Waals surface area contributed by atoms with Gasteiger partial charge in [-0.3, -0.25) is 9.59 Å². The van der Waals surface area contributed by atoms with Crippen molar-refractivity contribution < 1.29 is 18.0 Å². The molecule has 0 fully saturated rings. The first-order valence-corrected chi connectivity index (χ1v) is 11.2. The lowest BCUT2D eigenvalue weighted by atomic mass is 10.1. The van der Waals surface area contributed by atoms with Gasteiger partial charge in [-0.25, -0.2) is 9.67 Å². The lowest BCUT2D eigenvalue weighted by molar-refractivity contribution is -0.137. The van der Waals surface area contributed by atoms with E-state index < -0.39 is 28.5 Å². The number of halogens is 3. The minimum absolute atomic E-state index is 0.160. The van der Waals surface area contributed by atoms with E-state index in [1.54, 1.807) is 13.8 Å². The summed E-state index contributed by atoms with van der Waals surface area (Å²) in [5.74, 6) is -0.904. The Morgan fingerprint density at radius 1 is 1.09 bits per heavy atom. The summed E-state index contributed by atoms with van der Waals surface area (Å²) in [6, 6.07) is 13.9. The Morgan fingerprint density at radius 2 is 1.76 bits per heavy atom. The lowest BCUT2D eigenvalue weighted by Crippen LogP contribution is -2.31. The Balaban J connectivity index is 1.65. The predicted molar refractivity (Wildman–Crippen MR) is 124 cm³/mol. The predicted octanol–water partition coefficient (Wildman–Crippen LogP) is 4.88. The molecule has 0 saturated heterocycles. The molecule has 0 saturated carbocycles. The van der Waals surface area contributed by atoms with Gasteiger partial charge >= 0.3 is 6.18 Å². The maximum absolute atomic E-state index is 13.3. The number of carbonyl (C=O) groups excluding carboxylic acids is 1. The lowest BCUT2D eigenvalue weighted by Gasteiger charge is -2.21. The number of aromatic nitrogens is 4. The van der Waals surface area contributed by atoms with Crippen molar-refractivity contribution in [1.29, 1.82) is 0 Å². The van der Waals surface area contributed by atoms with Crippen LogP contribution in [0.3, 0.4) is 0 Å². The van der Waals surface area contributed by atoms with Crippen LogP contribution in [-0.2, 0) is 11.0 Å². The van der Waals surface area contributed by atoms with Crippen LogP contribution < -0.4 is 10.9 Å². The summed E-state index contributed by atoms with van der Waals surface area (Å²) >= 11 is 0.973. The molecule has 0 bridgehead atoms. The molecule has 0 aliphatic heterocycles. The van der Waals surface area contributed by atoms with Gasteiger partial charge in [-0.2, -0.15) is 18.3 Å². The number of alkyl halides is 3. The molecule has 2 heterocycles. The molecule has 0 aliphatic rings. The van der Waals surface area contributed by atoms with Crippen molar-refractivity contribution >= 4 is 34.4 Å². The summed E-state index contributed by atoms with van der Waals surface area (Å²) in [5.41, 5.74) is -0.683. The van der Waals surface area contributed by atoms with Crippen LogP contribution in [0.5, 0.6) is 0 Å². The number of aromatic amines is 1. The van der Waals surface area contributed by atoms with Gasteiger partial charge < -0.3 is 10.3 Å². The van der Waals surface area contributed by atoms with Gasteiger partial charge in [0.05, 0.1) is 28.4 Å². The molecular weight excluding hydrogens is 467 g/mol. The Morgan fingerprint density at radius 3 is 2.44 bits per heavy atom. The van der Waals surface area contributed by atoms with Gasteiger partial charge in [-0.15, -0.1) is 0 Å². The molecule has 0 radical (unpaired) electrons. The van der Waals surface area contributed by atoms with Gasteiger partial charge in [0, 0.05) is 0 Å². The highest BCUT2D eigenvalue weighted by Crippen LogP contribution is 2.35. The molecule has 2 aromatic heterocycles. The molecule has 34 heavy (non-hydrogen) atoms. The number of nitrogens with zero attached hydrogens (tertiary/aromatic N) is 3. The monoisotopic (exact) mass is 487 g/mol. The largest absolute Gasteiger partial charge is 0.418 e. The van der Waals surface area contributed by atoms with Gasteiger partial charge in [0.1, 0.15) is 5.39 Å². The molecule has 7 nitrogen and oxygen atoms in total. The van der Waals surface area contributed by atoms with Crippen molar-refractivity contribution in [2.24, 2.45) is 5.92 Å². The van der Waals surface area contributed by atoms with Crippen LogP contribution in [-0.4, -0.2) is 30.9 Å². The molecule has 176 valence electrons. The van der Waals surface area contributed by atoms with E-state index in [0.29, 0.717) is 11.3 Å². The zero-order valence-electron chi connectivity index (χ0n) is 18.1. The van der Waals surface area contributed by atoms with Crippen molar-refractivity contribution in [3.63, 3.8) is 0 Å². The first-order valence-electron chi connectivity index (χ1n) is 10.3. The number of para-hydroxylation sites is 2. The van der Waals surface area contributed by atoms with Gasteiger partial charge in [-0.1, -0.05) is 55.9 Å². The van der Waals surface area contributed by atoms with Crippen LogP contribution in [0.15, 0.2) is 70.7 Å². The Hall–Kier alpha value is -3.60. The van der Waals surface area contributed by atoms with Gasteiger partial charge in [0.25, 0.3) is 5.56 Å². The third kappa shape index (κ3) is 4.84. The van der Waals surface area contributed by atoms with Crippen LogP contribution in [0.2, 0.25) is 0 Å². The fourth-order valence-corrected chi connectivity index (χ4v) is 4.34. The summed E-state index contributed by atoms with van der Waals surface area (Å²) in [4.78, 5) is 32.7. The Kier molecular flexibility index (Phi) is 6.47. The molecule has 1 unspecified atom stereocenters. The zero-order chi connectivity index (χ0) is 24.5. The van der Waals surface area contributed by atoms with E-state index in [-0.39, 0.29) is 22.1 Å². The van der Waals surface area contributed by atoms with Crippen LogP contribution in [0, 0.1) is 5.92 Å². The molecule has 4 rings (SSSR count). The normalized spacial score (nSPS) is 12.8. The van der Waals surface area contributed by atoms with E-state index in [1.165, 1.54) is 29.1 Å². The fourth-order valence-electron chi connectivity index (χ4n) is 3.37. The van der Waals surface area contributed by atoms with Crippen LogP contribution >= 0.6 is 11.8 Å². The van der Waals surface area contributed by atoms with Gasteiger partial charge in [-0.05, 0) is 30.2 Å². The average molecular weight is 488 g/mol. The van der Waals surface area contributed by atoms with E-state index in [4.69, 9.17) is 0 Å². The third-order valence-electron chi connectivity index (χ3n) is 5.01. The number of nitrogens with one attached hydrogen (secondary N) is 2. The molecule has 2 aromatic carbocycles. The highest BCUT2D eigenvalue weighted by molar-refractivity contribution is 8.00. The molecule has 11 heteroatoms. The van der Waals surface area contributed by atoms with Crippen LogP contribution in [0.4, 0.5) is 18.9 Å². The maximum atomic E-state index is 13.3. The molecule has 2 N–H and O–H groups in total. The number of hydrogen-bond acceptors (Lipinski definition) is 5. The summed E-state index contributed by atoms with van der Waals surface area (Å²) in [5, 5.41) is 6.24. The van der Waals surface area contributed by atoms with E-state index >= 15 is 0 Å². The molecular formula is C23H20F3N5O2S.